The Morgan fingerprint density at radius 1 is 1.10 bits per heavy atom. The molecule has 1 aliphatic rings. The van der Waals surface area contributed by atoms with Crippen molar-refractivity contribution in [2.24, 2.45) is 0 Å². The van der Waals surface area contributed by atoms with Gasteiger partial charge in [-0.25, -0.2) is 4.68 Å². The number of rotatable bonds is 2. The monoisotopic (exact) mass is 428 g/mol. The molecule has 9 heteroatoms. The van der Waals surface area contributed by atoms with Crippen LogP contribution in [-0.4, -0.2) is 56.7 Å². The van der Waals surface area contributed by atoms with Crippen LogP contribution < -0.4 is 10.5 Å². The lowest BCUT2D eigenvalue weighted by Gasteiger charge is -2.23. The number of nitrogens with zero attached hydrogens (tertiary/aromatic N) is 5. The van der Waals surface area contributed by atoms with Gasteiger partial charge in [0.05, 0.1) is 11.7 Å². The van der Waals surface area contributed by atoms with Crippen LogP contribution in [0.1, 0.15) is 37.6 Å². The number of carbonyl (C=O) groups is 1. The Morgan fingerprint density at radius 2 is 1.83 bits per heavy atom. The number of carbonyl (C=O) groups excluding carboxylic acids is 1. The third-order valence-electron chi connectivity index (χ3n) is 5.23. The van der Waals surface area contributed by atoms with Gasteiger partial charge in [-0.1, -0.05) is 11.6 Å². The topological polar surface area (TPSA) is 87.1 Å². The highest BCUT2D eigenvalue weighted by Crippen LogP contribution is 2.21. The van der Waals surface area contributed by atoms with Gasteiger partial charge in [0, 0.05) is 36.8 Å². The van der Waals surface area contributed by atoms with Gasteiger partial charge in [-0.2, -0.15) is 10.1 Å². The molecule has 0 unspecified atom stereocenters. The van der Waals surface area contributed by atoms with Crippen molar-refractivity contribution in [3.8, 4) is 0 Å². The molecular weight excluding hydrogens is 404 g/mol. The summed E-state index contributed by atoms with van der Waals surface area (Å²) in [5, 5.41) is 5.44. The van der Waals surface area contributed by atoms with Crippen LogP contribution in [0.15, 0.2) is 35.3 Å². The van der Waals surface area contributed by atoms with Gasteiger partial charge in [0.2, 0.25) is 5.95 Å². The highest BCUT2D eigenvalue weighted by atomic mass is 35.5. The summed E-state index contributed by atoms with van der Waals surface area (Å²) in [7, 11) is 0. The molecule has 8 nitrogen and oxygen atoms in total. The Labute approximate surface area is 179 Å². The van der Waals surface area contributed by atoms with E-state index in [2.05, 4.69) is 10.1 Å². The molecule has 0 radical (unpaired) electrons. The first-order valence-electron chi connectivity index (χ1n) is 10.0. The number of aromatic nitrogens is 4. The predicted octanol–water partition coefficient (Wildman–Crippen LogP) is 2.88. The molecule has 1 N–H and O–H groups in total. The normalized spacial score (nSPS) is 15.5. The molecule has 1 fully saturated rings. The van der Waals surface area contributed by atoms with Crippen molar-refractivity contribution in [3.05, 3.63) is 51.4 Å². The lowest BCUT2D eigenvalue weighted by molar-refractivity contribution is 0.0767. The van der Waals surface area contributed by atoms with Crippen molar-refractivity contribution < 1.29 is 4.79 Å². The van der Waals surface area contributed by atoms with E-state index in [1.807, 2.05) is 30.6 Å². The van der Waals surface area contributed by atoms with Gasteiger partial charge < -0.3 is 9.80 Å². The molecule has 0 saturated carbocycles. The van der Waals surface area contributed by atoms with Crippen LogP contribution >= 0.6 is 11.6 Å². The molecular formula is C21H25ClN6O2. The number of halogens is 1. The Kier molecular flexibility index (Phi) is 5.27. The summed E-state index contributed by atoms with van der Waals surface area (Å²) >= 11 is 5.93. The Balaban J connectivity index is 1.57. The average Bonchev–Trinajstić information content (AvgIpc) is 2.99. The molecule has 3 aromatic rings. The third kappa shape index (κ3) is 3.92. The number of H-pyrrole nitrogens is 1. The lowest BCUT2D eigenvalue weighted by Crippen LogP contribution is -2.36. The van der Waals surface area contributed by atoms with Crippen molar-refractivity contribution in [1.82, 2.24) is 24.6 Å². The fourth-order valence-corrected chi connectivity index (χ4v) is 3.78. The highest BCUT2D eigenvalue weighted by Gasteiger charge is 2.24. The molecule has 1 aromatic carbocycles. The SMILES string of the molecule is CC(C)(C)n1ncc2c(=O)[nH]c(N3CCCN(C(=O)c4ccc(Cl)cc4)CC3)nc21. The maximum absolute atomic E-state index is 12.8. The number of benzene rings is 1. The number of hydrogen-bond acceptors (Lipinski definition) is 5. The van der Waals surface area contributed by atoms with Crippen LogP contribution in [0.4, 0.5) is 5.95 Å². The molecule has 158 valence electrons. The van der Waals surface area contributed by atoms with Crippen molar-refractivity contribution in [2.75, 3.05) is 31.1 Å². The second-order valence-corrected chi connectivity index (χ2v) is 8.93. The van der Waals surface area contributed by atoms with Crippen LogP contribution in [-0.2, 0) is 5.54 Å². The molecule has 1 amide bonds. The van der Waals surface area contributed by atoms with Crippen LogP contribution in [0.3, 0.4) is 0 Å². The summed E-state index contributed by atoms with van der Waals surface area (Å²) in [5.74, 6) is 0.496. The summed E-state index contributed by atoms with van der Waals surface area (Å²) in [5.41, 5.74) is 0.693. The Hall–Kier alpha value is -2.87. The first-order chi connectivity index (χ1) is 14.2. The van der Waals surface area contributed by atoms with Gasteiger partial charge in [-0.15, -0.1) is 0 Å². The third-order valence-corrected chi connectivity index (χ3v) is 5.49. The van der Waals surface area contributed by atoms with E-state index in [0.29, 0.717) is 53.7 Å². The Bertz CT molecular complexity index is 1130. The lowest BCUT2D eigenvalue weighted by atomic mass is 10.1. The quantitative estimate of drug-likeness (QED) is 0.678. The van der Waals surface area contributed by atoms with E-state index in [0.717, 1.165) is 6.42 Å². The molecule has 0 spiro atoms. The van der Waals surface area contributed by atoms with Gasteiger partial charge >= 0.3 is 0 Å². The maximum Gasteiger partial charge on any atom is 0.263 e. The number of amides is 1. The van der Waals surface area contributed by atoms with Crippen LogP contribution in [0.5, 0.6) is 0 Å². The molecule has 0 bridgehead atoms. The molecule has 2 aromatic heterocycles. The minimum absolute atomic E-state index is 0.0174. The predicted molar refractivity (Wildman–Crippen MR) is 117 cm³/mol. The fraction of sp³-hybridized carbons (Fsp3) is 0.429. The van der Waals surface area contributed by atoms with Crippen molar-refractivity contribution in [3.63, 3.8) is 0 Å². The molecule has 1 saturated heterocycles. The number of fused-ring (bicyclic) bond motifs is 1. The minimum atomic E-state index is -0.291. The summed E-state index contributed by atoms with van der Waals surface area (Å²) in [6, 6.07) is 6.93. The van der Waals surface area contributed by atoms with E-state index < -0.39 is 0 Å². The second kappa shape index (κ2) is 7.75. The molecule has 30 heavy (non-hydrogen) atoms. The van der Waals surface area contributed by atoms with E-state index in [4.69, 9.17) is 16.6 Å². The first-order valence-corrected chi connectivity index (χ1v) is 10.4. The Morgan fingerprint density at radius 3 is 2.53 bits per heavy atom. The number of nitrogens with one attached hydrogen (secondary N) is 1. The minimum Gasteiger partial charge on any atom is -0.340 e. The standard InChI is InChI=1S/C21H25ClN6O2/c1-21(2,3)28-17-16(13-23-28)18(29)25-20(24-17)27-10-4-9-26(11-12-27)19(30)14-5-7-15(22)8-6-14/h5-8,13H,4,9-12H2,1-3H3,(H,24,25,29). The zero-order valence-corrected chi connectivity index (χ0v) is 18.1. The summed E-state index contributed by atoms with van der Waals surface area (Å²) in [6.45, 7) is 8.53. The van der Waals surface area contributed by atoms with Gasteiger partial charge in [-0.3, -0.25) is 14.6 Å². The number of anilines is 1. The van der Waals surface area contributed by atoms with Crippen LogP contribution in [0.25, 0.3) is 11.0 Å². The number of aromatic amines is 1. The first kappa shape index (κ1) is 20.4. The molecule has 0 aliphatic carbocycles. The van der Waals surface area contributed by atoms with Gasteiger partial charge in [0.15, 0.2) is 5.65 Å². The summed E-state index contributed by atoms with van der Waals surface area (Å²) in [6.07, 6.45) is 2.34. The highest BCUT2D eigenvalue weighted by molar-refractivity contribution is 6.30. The van der Waals surface area contributed by atoms with E-state index in [1.54, 1.807) is 35.1 Å². The van der Waals surface area contributed by atoms with Gasteiger partial charge in [0.25, 0.3) is 11.5 Å². The maximum atomic E-state index is 12.8. The summed E-state index contributed by atoms with van der Waals surface area (Å²) in [4.78, 5) is 36.9. The molecule has 3 heterocycles. The van der Waals surface area contributed by atoms with Gasteiger partial charge in [-0.05, 0) is 51.5 Å². The van der Waals surface area contributed by atoms with Crippen LogP contribution in [0.2, 0.25) is 5.02 Å². The van der Waals surface area contributed by atoms with Crippen LogP contribution in [0, 0.1) is 0 Å². The zero-order chi connectivity index (χ0) is 21.5. The van der Waals surface area contributed by atoms with Crippen molar-refractivity contribution in [2.45, 2.75) is 32.7 Å². The second-order valence-electron chi connectivity index (χ2n) is 8.49. The largest absolute Gasteiger partial charge is 0.340 e. The number of hydrogen-bond donors (Lipinski definition) is 1. The smallest absolute Gasteiger partial charge is 0.263 e. The van der Waals surface area contributed by atoms with Gasteiger partial charge in [0.1, 0.15) is 5.39 Å². The van der Waals surface area contributed by atoms with E-state index in [1.165, 1.54) is 0 Å². The van der Waals surface area contributed by atoms with E-state index in [9.17, 15) is 9.59 Å². The fourth-order valence-electron chi connectivity index (χ4n) is 3.65. The van der Waals surface area contributed by atoms with E-state index >= 15 is 0 Å². The molecule has 1 aliphatic heterocycles. The molecule has 0 atom stereocenters. The zero-order valence-electron chi connectivity index (χ0n) is 17.4. The van der Waals surface area contributed by atoms with Crippen molar-refractivity contribution in [1.29, 1.82) is 0 Å². The molecule has 4 rings (SSSR count). The summed E-state index contributed by atoms with van der Waals surface area (Å²) < 4.78 is 1.77. The van der Waals surface area contributed by atoms with E-state index in [-0.39, 0.29) is 17.0 Å². The van der Waals surface area contributed by atoms with Crippen molar-refractivity contribution >= 4 is 34.5 Å². The average molecular weight is 429 g/mol.